The predicted octanol–water partition coefficient (Wildman–Crippen LogP) is 18.6. The zero-order valence-electron chi connectivity index (χ0n) is 43.4. The number of carbonyl (C=O) groups excluding carboxylic acids is 3. The Morgan fingerprint density at radius 1 is 0.318 bits per heavy atom. The summed E-state index contributed by atoms with van der Waals surface area (Å²) in [5, 5.41) is 0. The largest absolute Gasteiger partial charge is 0.462 e. The topological polar surface area (TPSA) is 78.9 Å². The van der Waals surface area contributed by atoms with E-state index in [1.165, 1.54) is 148 Å². The molecule has 0 aromatic carbocycles. The van der Waals surface area contributed by atoms with Crippen LogP contribution in [0.1, 0.15) is 271 Å². The van der Waals surface area contributed by atoms with Gasteiger partial charge in [-0.05, 0) is 64.2 Å². The van der Waals surface area contributed by atoms with Crippen LogP contribution in [0, 0.1) is 0 Å². The van der Waals surface area contributed by atoms with Gasteiger partial charge >= 0.3 is 17.9 Å². The van der Waals surface area contributed by atoms with Crippen molar-refractivity contribution in [1.29, 1.82) is 0 Å². The average Bonchev–Trinajstić information content (AvgIpc) is 3.31. The Kier molecular flexibility index (Phi) is 51.9. The fourth-order valence-corrected chi connectivity index (χ4v) is 7.86. The van der Waals surface area contributed by atoms with Crippen molar-refractivity contribution in [2.24, 2.45) is 0 Å². The summed E-state index contributed by atoms with van der Waals surface area (Å²) in [6.07, 6.45) is 69.0. The van der Waals surface area contributed by atoms with Gasteiger partial charge in [-0.3, -0.25) is 14.4 Å². The van der Waals surface area contributed by atoms with Crippen LogP contribution in [0.2, 0.25) is 0 Å². The molecule has 0 bridgehead atoms. The summed E-state index contributed by atoms with van der Waals surface area (Å²) in [7, 11) is 0. The van der Waals surface area contributed by atoms with Crippen LogP contribution in [0.4, 0.5) is 0 Å². The summed E-state index contributed by atoms with van der Waals surface area (Å²) < 4.78 is 16.8. The van der Waals surface area contributed by atoms with Crippen molar-refractivity contribution >= 4 is 17.9 Å². The lowest BCUT2D eigenvalue weighted by atomic mass is 10.0. The first-order chi connectivity index (χ1) is 32.5. The maximum absolute atomic E-state index is 12.8. The van der Waals surface area contributed by atoms with E-state index < -0.39 is 6.10 Å². The van der Waals surface area contributed by atoms with Crippen LogP contribution in [0.3, 0.4) is 0 Å². The maximum atomic E-state index is 12.8. The van der Waals surface area contributed by atoms with E-state index in [1.807, 2.05) is 30.4 Å². The second-order valence-electron chi connectivity index (χ2n) is 18.6. The maximum Gasteiger partial charge on any atom is 0.306 e. The fraction of sp³-hybridized carbons (Fsp3) is 0.750. The Labute approximate surface area is 408 Å². The number of carbonyl (C=O) groups is 3. The Hall–Kier alpha value is -3.15. The van der Waals surface area contributed by atoms with Gasteiger partial charge in [0.1, 0.15) is 13.2 Å². The van der Waals surface area contributed by atoms with Gasteiger partial charge in [0.25, 0.3) is 0 Å². The molecule has 0 radical (unpaired) electrons. The van der Waals surface area contributed by atoms with Gasteiger partial charge in [-0.15, -0.1) is 0 Å². The van der Waals surface area contributed by atoms with Crippen LogP contribution in [0.5, 0.6) is 0 Å². The van der Waals surface area contributed by atoms with E-state index in [-0.39, 0.29) is 37.5 Å². The Morgan fingerprint density at radius 3 is 0.955 bits per heavy atom. The van der Waals surface area contributed by atoms with Gasteiger partial charge in [0.15, 0.2) is 6.10 Å². The van der Waals surface area contributed by atoms with Gasteiger partial charge < -0.3 is 14.2 Å². The number of rotatable bonds is 50. The standard InChI is InChI=1S/C60H104O6/c1-4-7-10-13-16-19-22-25-27-29-30-31-33-35-38-41-44-47-50-53-59(62)65-56-57(55-64-58(61)52-49-46-43-40-37-34-24-21-18-15-12-9-6-3)66-60(63)54-51-48-45-42-39-36-32-28-26-23-20-17-14-11-8-5-2/h9,12,15,18,21,24,28,32,34,36-37,39,57H,4-8,10-11,13-14,16-17,19-20,22-23,25-27,29-31,33,35,38,40-56H2,1-3H3/b12-9-,18-15-,24-21-,32-28-,37-34-,39-36-. The minimum atomic E-state index is -0.804. The molecule has 0 aliphatic rings. The second-order valence-corrected chi connectivity index (χ2v) is 18.6. The molecule has 6 heteroatoms. The van der Waals surface area contributed by atoms with Crippen molar-refractivity contribution in [3.63, 3.8) is 0 Å². The smallest absolute Gasteiger partial charge is 0.306 e. The van der Waals surface area contributed by atoms with E-state index in [9.17, 15) is 14.4 Å². The van der Waals surface area contributed by atoms with Crippen molar-refractivity contribution in [3.8, 4) is 0 Å². The van der Waals surface area contributed by atoms with Crippen LogP contribution in [-0.4, -0.2) is 37.2 Å². The zero-order chi connectivity index (χ0) is 47.9. The quantitative estimate of drug-likeness (QED) is 0.0262. The summed E-state index contributed by atoms with van der Waals surface area (Å²) in [4.78, 5) is 38.1. The molecule has 0 aromatic rings. The highest BCUT2D eigenvalue weighted by molar-refractivity contribution is 5.71. The van der Waals surface area contributed by atoms with Crippen molar-refractivity contribution in [2.45, 2.75) is 277 Å². The SMILES string of the molecule is CC\C=C/C=C\C=C/C=C\CCCCCC(=O)OCC(COC(=O)CCCCCCCCCCCCCCCCCCCCC)OC(=O)CCCCC/C=C\C=C/CCCCCCCCC. The van der Waals surface area contributed by atoms with Crippen molar-refractivity contribution in [3.05, 3.63) is 72.9 Å². The van der Waals surface area contributed by atoms with Gasteiger partial charge in [0, 0.05) is 19.3 Å². The van der Waals surface area contributed by atoms with Crippen molar-refractivity contribution < 1.29 is 28.6 Å². The molecule has 0 fully saturated rings. The third-order valence-corrected chi connectivity index (χ3v) is 12.1. The molecule has 1 atom stereocenters. The van der Waals surface area contributed by atoms with Gasteiger partial charge in [-0.25, -0.2) is 0 Å². The Morgan fingerprint density at radius 2 is 0.591 bits per heavy atom. The molecule has 0 aliphatic carbocycles. The third-order valence-electron chi connectivity index (χ3n) is 12.1. The van der Waals surface area contributed by atoms with Crippen molar-refractivity contribution in [1.82, 2.24) is 0 Å². The molecule has 0 spiro atoms. The van der Waals surface area contributed by atoms with Gasteiger partial charge in [-0.1, -0.05) is 261 Å². The lowest BCUT2D eigenvalue weighted by Crippen LogP contribution is -2.30. The predicted molar refractivity (Wildman–Crippen MR) is 284 cm³/mol. The number of esters is 3. The first-order valence-corrected chi connectivity index (χ1v) is 28.0. The number of hydrogen-bond acceptors (Lipinski definition) is 6. The summed E-state index contributed by atoms with van der Waals surface area (Å²) in [5.41, 5.74) is 0. The minimum Gasteiger partial charge on any atom is -0.462 e. The van der Waals surface area contributed by atoms with Crippen LogP contribution in [-0.2, 0) is 28.6 Å². The van der Waals surface area contributed by atoms with Crippen LogP contribution < -0.4 is 0 Å². The Balaban J connectivity index is 4.41. The van der Waals surface area contributed by atoms with Gasteiger partial charge in [0.05, 0.1) is 0 Å². The van der Waals surface area contributed by atoms with Crippen molar-refractivity contribution in [2.75, 3.05) is 13.2 Å². The lowest BCUT2D eigenvalue weighted by molar-refractivity contribution is -0.167. The van der Waals surface area contributed by atoms with Crippen LogP contribution >= 0.6 is 0 Å². The highest BCUT2D eigenvalue weighted by Gasteiger charge is 2.19. The van der Waals surface area contributed by atoms with Gasteiger partial charge in [-0.2, -0.15) is 0 Å². The fourth-order valence-electron chi connectivity index (χ4n) is 7.86. The van der Waals surface area contributed by atoms with Gasteiger partial charge in [0.2, 0.25) is 0 Å². The molecule has 0 aromatic heterocycles. The number of hydrogen-bond donors (Lipinski definition) is 0. The summed E-state index contributed by atoms with van der Waals surface area (Å²) >= 11 is 0. The van der Waals surface area contributed by atoms with E-state index in [4.69, 9.17) is 14.2 Å². The van der Waals surface area contributed by atoms with E-state index >= 15 is 0 Å². The molecule has 0 aliphatic heterocycles. The number of allylic oxidation sites excluding steroid dienone is 12. The Bertz CT molecular complexity index is 1240. The number of ether oxygens (including phenoxy) is 3. The molecule has 0 N–H and O–H groups in total. The molecule has 0 saturated heterocycles. The molecule has 0 amide bonds. The molecule has 6 nitrogen and oxygen atoms in total. The first kappa shape index (κ1) is 62.8. The number of unbranched alkanes of at least 4 members (excludes halogenated alkanes) is 31. The highest BCUT2D eigenvalue weighted by atomic mass is 16.6. The third kappa shape index (κ3) is 51.8. The molecular formula is C60H104O6. The molecule has 0 saturated carbocycles. The highest BCUT2D eigenvalue weighted by Crippen LogP contribution is 2.16. The van der Waals surface area contributed by atoms with E-state index in [1.54, 1.807) is 0 Å². The zero-order valence-corrected chi connectivity index (χ0v) is 43.4. The first-order valence-electron chi connectivity index (χ1n) is 28.0. The summed E-state index contributed by atoms with van der Waals surface area (Å²) in [5.74, 6) is -0.957. The molecule has 1 unspecified atom stereocenters. The van der Waals surface area contributed by atoms with Crippen LogP contribution in [0.15, 0.2) is 72.9 Å². The molecular weight excluding hydrogens is 817 g/mol. The molecule has 380 valence electrons. The lowest BCUT2D eigenvalue weighted by Gasteiger charge is -2.18. The normalized spacial score (nSPS) is 12.6. The monoisotopic (exact) mass is 921 g/mol. The van der Waals surface area contributed by atoms with E-state index in [0.717, 1.165) is 83.5 Å². The minimum absolute atomic E-state index is 0.0970. The summed E-state index contributed by atoms with van der Waals surface area (Å²) in [6.45, 7) is 6.46. The second kappa shape index (κ2) is 54.5. The van der Waals surface area contributed by atoms with Crippen LogP contribution in [0.25, 0.3) is 0 Å². The molecule has 66 heavy (non-hydrogen) atoms. The summed E-state index contributed by atoms with van der Waals surface area (Å²) in [6, 6.07) is 0. The van der Waals surface area contributed by atoms with E-state index in [2.05, 4.69) is 63.3 Å². The molecule has 0 rings (SSSR count). The average molecular weight is 921 g/mol. The van der Waals surface area contributed by atoms with E-state index in [0.29, 0.717) is 12.8 Å². The molecule has 0 heterocycles.